The summed E-state index contributed by atoms with van der Waals surface area (Å²) in [5.41, 5.74) is 0. The van der Waals surface area contributed by atoms with E-state index in [-0.39, 0.29) is 0 Å². The highest BCUT2D eigenvalue weighted by molar-refractivity contribution is 7.12. The number of hydrogen-bond acceptors (Lipinski definition) is 4. The molecule has 19 heavy (non-hydrogen) atoms. The summed E-state index contributed by atoms with van der Waals surface area (Å²) in [5.74, 6) is 0.301. The summed E-state index contributed by atoms with van der Waals surface area (Å²) in [7, 11) is 0. The molecule has 0 bridgehead atoms. The van der Waals surface area contributed by atoms with Crippen LogP contribution < -0.4 is 0 Å². The van der Waals surface area contributed by atoms with Gasteiger partial charge < -0.3 is 4.90 Å². The van der Waals surface area contributed by atoms with Gasteiger partial charge in [-0.05, 0) is 37.9 Å². The molecule has 106 valence electrons. The second kappa shape index (κ2) is 7.17. The molecule has 1 atom stereocenters. The van der Waals surface area contributed by atoms with E-state index in [1.54, 1.807) is 11.3 Å². The van der Waals surface area contributed by atoms with Gasteiger partial charge in [0.05, 0.1) is 4.88 Å². The minimum absolute atomic E-state index is 0.301. The first-order valence-corrected chi connectivity index (χ1v) is 8.11. The molecule has 2 rings (SSSR count). The van der Waals surface area contributed by atoms with Crippen molar-refractivity contribution in [3.8, 4) is 0 Å². The molecule has 2 heterocycles. The van der Waals surface area contributed by atoms with Gasteiger partial charge in [-0.15, -0.1) is 11.3 Å². The van der Waals surface area contributed by atoms with E-state index in [1.807, 2.05) is 17.5 Å². The van der Waals surface area contributed by atoms with Gasteiger partial charge in [-0.25, -0.2) is 0 Å². The van der Waals surface area contributed by atoms with Crippen molar-refractivity contribution in [2.24, 2.45) is 0 Å². The van der Waals surface area contributed by atoms with E-state index >= 15 is 0 Å². The van der Waals surface area contributed by atoms with E-state index in [0.29, 0.717) is 18.2 Å². The second-order valence-electron chi connectivity index (χ2n) is 5.28. The third-order valence-electron chi connectivity index (χ3n) is 3.93. The van der Waals surface area contributed by atoms with Crippen LogP contribution in [-0.2, 0) is 0 Å². The fourth-order valence-electron chi connectivity index (χ4n) is 2.77. The Morgan fingerprint density at radius 1 is 1.47 bits per heavy atom. The summed E-state index contributed by atoms with van der Waals surface area (Å²) >= 11 is 1.55. The van der Waals surface area contributed by atoms with Crippen molar-refractivity contribution in [2.45, 2.75) is 32.7 Å². The molecule has 3 nitrogen and oxygen atoms in total. The van der Waals surface area contributed by atoms with Gasteiger partial charge in [-0.3, -0.25) is 9.69 Å². The summed E-state index contributed by atoms with van der Waals surface area (Å²) in [6.07, 6.45) is 1.67. The average molecular weight is 280 g/mol. The van der Waals surface area contributed by atoms with Crippen LogP contribution in [0.3, 0.4) is 0 Å². The van der Waals surface area contributed by atoms with Gasteiger partial charge in [-0.1, -0.05) is 13.0 Å². The number of ketones is 1. The maximum atomic E-state index is 11.9. The smallest absolute Gasteiger partial charge is 0.172 e. The number of carbonyl (C=O) groups is 1. The number of nitrogens with zero attached hydrogens (tertiary/aromatic N) is 2. The fraction of sp³-hybridized carbons (Fsp3) is 0.667. The second-order valence-corrected chi connectivity index (χ2v) is 6.23. The summed E-state index contributed by atoms with van der Waals surface area (Å²) in [6, 6.07) is 4.52. The number of likely N-dealkylation sites (N-methyl/N-ethyl adjacent to an activating group) is 1. The van der Waals surface area contributed by atoms with E-state index < -0.39 is 0 Å². The SMILES string of the molecule is CCN1CCN(CCCC(=O)c2cccs2)CC1C. The van der Waals surface area contributed by atoms with Gasteiger partial charge in [0.1, 0.15) is 0 Å². The van der Waals surface area contributed by atoms with Crippen molar-refractivity contribution in [2.75, 3.05) is 32.7 Å². The van der Waals surface area contributed by atoms with Gasteiger partial charge in [0.2, 0.25) is 0 Å². The Labute approximate surface area is 120 Å². The van der Waals surface area contributed by atoms with Gasteiger partial charge >= 0.3 is 0 Å². The van der Waals surface area contributed by atoms with Crippen molar-refractivity contribution in [1.82, 2.24) is 9.80 Å². The Kier molecular flexibility index (Phi) is 5.55. The van der Waals surface area contributed by atoms with Gasteiger partial charge in [0.15, 0.2) is 5.78 Å². The predicted molar refractivity (Wildman–Crippen MR) is 81.0 cm³/mol. The Morgan fingerprint density at radius 3 is 2.95 bits per heavy atom. The van der Waals surface area contributed by atoms with Gasteiger partial charge in [-0.2, -0.15) is 0 Å². The lowest BCUT2D eigenvalue weighted by Gasteiger charge is -2.39. The first-order chi connectivity index (χ1) is 9.20. The summed E-state index contributed by atoms with van der Waals surface area (Å²) in [4.78, 5) is 17.8. The maximum absolute atomic E-state index is 11.9. The monoisotopic (exact) mass is 280 g/mol. The summed E-state index contributed by atoms with van der Waals surface area (Å²) in [5, 5.41) is 1.97. The van der Waals surface area contributed by atoms with Crippen LogP contribution in [0.2, 0.25) is 0 Å². The zero-order valence-electron chi connectivity index (χ0n) is 12.0. The third-order valence-corrected chi connectivity index (χ3v) is 4.84. The van der Waals surface area contributed by atoms with Crippen LogP contribution in [0, 0.1) is 0 Å². The zero-order valence-corrected chi connectivity index (χ0v) is 12.8. The molecule has 1 aromatic heterocycles. The Morgan fingerprint density at radius 2 is 2.32 bits per heavy atom. The molecular formula is C15H24N2OS. The molecule has 0 saturated carbocycles. The highest BCUT2D eigenvalue weighted by Gasteiger charge is 2.21. The molecule has 1 saturated heterocycles. The molecule has 1 unspecified atom stereocenters. The Balaban J connectivity index is 1.68. The maximum Gasteiger partial charge on any atom is 0.172 e. The lowest BCUT2D eigenvalue weighted by atomic mass is 10.1. The van der Waals surface area contributed by atoms with Crippen LogP contribution in [0.4, 0.5) is 0 Å². The molecule has 1 aromatic rings. The van der Waals surface area contributed by atoms with Gasteiger partial charge in [0.25, 0.3) is 0 Å². The van der Waals surface area contributed by atoms with E-state index in [2.05, 4.69) is 23.6 Å². The zero-order chi connectivity index (χ0) is 13.7. The number of thiophene rings is 1. The van der Waals surface area contributed by atoms with Crippen LogP contribution in [0.1, 0.15) is 36.4 Å². The van der Waals surface area contributed by atoms with Crippen LogP contribution in [0.25, 0.3) is 0 Å². The molecule has 0 N–H and O–H groups in total. The standard InChI is InChI=1S/C15H24N2OS/c1-3-17-10-9-16(12-13(17)2)8-4-6-14(18)15-7-5-11-19-15/h5,7,11,13H,3-4,6,8-10,12H2,1-2H3. The van der Waals surface area contributed by atoms with Crippen LogP contribution in [-0.4, -0.2) is 54.3 Å². The molecule has 1 fully saturated rings. The number of piperazine rings is 1. The highest BCUT2D eigenvalue weighted by atomic mass is 32.1. The molecule has 0 aromatic carbocycles. The quantitative estimate of drug-likeness (QED) is 0.749. The van der Waals surface area contributed by atoms with Crippen LogP contribution in [0.15, 0.2) is 17.5 Å². The van der Waals surface area contributed by atoms with E-state index in [0.717, 1.165) is 44.0 Å². The van der Waals surface area contributed by atoms with E-state index in [1.165, 1.54) is 0 Å². The first-order valence-electron chi connectivity index (χ1n) is 7.23. The Hall–Kier alpha value is -0.710. The van der Waals surface area contributed by atoms with Crippen molar-refractivity contribution in [3.63, 3.8) is 0 Å². The van der Waals surface area contributed by atoms with Gasteiger partial charge in [0, 0.05) is 32.1 Å². The molecular weight excluding hydrogens is 256 g/mol. The highest BCUT2D eigenvalue weighted by Crippen LogP contribution is 2.14. The van der Waals surface area contributed by atoms with Crippen molar-refractivity contribution >= 4 is 17.1 Å². The number of rotatable bonds is 6. The lowest BCUT2D eigenvalue weighted by molar-refractivity contribution is 0.0841. The topological polar surface area (TPSA) is 23.6 Å². The number of Topliss-reactive ketones (excluding diaryl/α,β-unsaturated/α-hetero) is 1. The minimum atomic E-state index is 0.301. The van der Waals surface area contributed by atoms with E-state index in [9.17, 15) is 4.79 Å². The third kappa shape index (κ3) is 4.13. The average Bonchev–Trinajstić information content (AvgIpc) is 2.93. The number of hydrogen-bond donors (Lipinski definition) is 0. The number of carbonyl (C=O) groups excluding carboxylic acids is 1. The molecule has 0 radical (unpaired) electrons. The fourth-order valence-corrected chi connectivity index (χ4v) is 3.46. The minimum Gasteiger partial charge on any atom is -0.301 e. The molecule has 0 aliphatic carbocycles. The van der Waals surface area contributed by atoms with Crippen molar-refractivity contribution in [1.29, 1.82) is 0 Å². The molecule has 1 aliphatic heterocycles. The van der Waals surface area contributed by atoms with Crippen LogP contribution >= 0.6 is 11.3 Å². The summed E-state index contributed by atoms with van der Waals surface area (Å²) in [6.45, 7) is 10.2. The molecule has 1 aliphatic rings. The predicted octanol–water partition coefficient (Wildman–Crippen LogP) is 2.74. The van der Waals surface area contributed by atoms with Crippen molar-refractivity contribution < 1.29 is 4.79 Å². The van der Waals surface area contributed by atoms with Crippen molar-refractivity contribution in [3.05, 3.63) is 22.4 Å². The molecule has 0 spiro atoms. The summed E-state index contributed by atoms with van der Waals surface area (Å²) < 4.78 is 0. The van der Waals surface area contributed by atoms with E-state index in [4.69, 9.17) is 0 Å². The molecule has 4 heteroatoms. The lowest BCUT2D eigenvalue weighted by Crippen LogP contribution is -2.51. The Bertz CT molecular complexity index is 391. The molecule has 0 amide bonds. The normalized spacial score (nSPS) is 21.7. The first kappa shape index (κ1) is 14.7. The van der Waals surface area contributed by atoms with Crippen LogP contribution in [0.5, 0.6) is 0 Å². The largest absolute Gasteiger partial charge is 0.301 e.